The van der Waals surface area contributed by atoms with E-state index in [0.29, 0.717) is 6.10 Å². The second-order valence-corrected chi connectivity index (χ2v) is 7.66. The van der Waals surface area contributed by atoms with E-state index in [1.54, 1.807) is 0 Å². The number of unbranched alkanes of at least 4 members (excludes halogenated alkanes) is 2. The summed E-state index contributed by atoms with van der Waals surface area (Å²) >= 11 is 0. The highest BCUT2D eigenvalue weighted by Crippen LogP contribution is 2.13. The smallest absolute Gasteiger partial charge is 0.321 e. The van der Waals surface area contributed by atoms with Crippen LogP contribution in [0.3, 0.4) is 0 Å². The maximum absolute atomic E-state index is 5.95. The van der Waals surface area contributed by atoms with E-state index in [2.05, 4.69) is 20.8 Å². The Balaban J connectivity index is 2.11. The Morgan fingerprint density at radius 1 is 1.15 bits per heavy atom. The fourth-order valence-corrected chi connectivity index (χ4v) is 3.85. The average molecular weight is 305 g/mol. The molecule has 1 heterocycles. The van der Waals surface area contributed by atoms with Crippen molar-refractivity contribution in [3.63, 3.8) is 0 Å². The van der Waals surface area contributed by atoms with E-state index in [1.807, 2.05) is 0 Å². The van der Waals surface area contributed by atoms with E-state index < -0.39 is 9.28 Å². The minimum atomic E-state index is -1.50. The van der Waals surface area contributed by atoms with Crippen molar-refractivity contribution in [2.24, 2.45) is 0 Å². The van der Waals surface area contributed by atoms with Gasteiger partial charge in [-0.15, -0.1) is 0 Å². The van der Waals surface area contributed by atoms with Crippen molar-refractivity contribution in [2.45, 2.75) is 71.1 Å². The summed E-state index contributed by atoms with van der Waals surface area (Å²) in [5.41, 5.74) is 0. The van der Waals surface area contributed by atoms with Crippen LogP contribution >= 0.6 is 0 Å². The number of hydrogen-bond donors (Lipinski definition) is 0. The molecule has 0 aromatic heterocycles. The molecule has 0 aliphatic carbocycles. The van der Waals surface area contributed by atoms with Crippen molar-refractivity contribution in [1.29, 1.82) is 0 Å². The largest absolute Gasteiger partial charge is 0.397 e. The summed E-state index contributed by atoms with van der Waals surface area (Å²) in [5, 5.41) is 0. The summed E-state index contributed by atoms with van der Waals surface area (Å²) in [6, 6.07) is 1.04. The quantitative estimate of drug-likeness (QED) is 0.281. The van der Waals surface area contributed by atoms with Gasteiger partial charge in [0.15, 0.2) is 0 Å². The molecule has 2 atom stereocenters. The van der Waals surface area contributed by atoms with Gasteiger partial charge in [0, 0.05) is 13.2 Å². The zero-order chi connectivity index (χ0) is 14.6. The molecule has 1 rings (SSSR count). The monoisotopic (exact) mass is 304 g/mol. The van der Waals surface area contributed by atoms with Crippen LogP contribution in [0.4, 0.5) is 0 Å². The summed E-state index contributed by atoms with van der Waals surface area (Å²) in [6.07, 6.45) is 6.28. The Hall–Kier alpha value is 0.0569. The highest BCUT2D eigenvalue weighted by Gasteiger charge is 2.23. The van der Waals surface area contributed by atoms with E-state index in [4.69, 9.17) is 18.3 Å². The summed E-state index contributed by atoms with van der Waals surface area (Å²) in [5.74, 6) is 0. The Labute approximate surface area is 126 Å². The van der Waals surface area contributed by atoms with Crippen LogP contribution in [0.5, 0.6) is 0 Å². The zero-order valence-corrected chi connectivity index (χ0v) is 14.6. The van der Waals surface area contributed by atoms with Crippen molar-refractivity contribution in [1.82, 2.24) is 0 Å². The maximum atomic E-state index is 5.95. The molecular formula is C15H32O4Si. The van der Waals surface area contributed by atoms with E-state index in [9.17, 15) is 0 Å². The lowest BCUT2D eigenvalue weighted by Gasteiger charge is -2.19. The Morgan fingerprint density at radius 3 is 2.25 bits per heavy atom. The third kappa shape index (κ3) is 9.88. The molecule has 1 saturated heterocycles. The third-order valence-electron chi connectivity index (χ3n) is 3.38. The topological polar surface area (TPSA) is 40.2 Å². The fraction of sp³-hybridized carbons (Fsp3) is 1.00. The minimum Gasteiger partial charge on any atom is -0.397 e. The van der Waals surface area contributed by atoms with Crippen LogP contribution in [0, 0.1) is 0 Å². The molecule has 1 aliphatic heterocycles. The van der Waals surface area contributed by atoms with Crippen molar-refractivity contribution < 1.29 is 18.3 Å². The summed E-state index contributed by atoms with van der Waals surface area (Å²) in [6.45, 7) is 9.81. The number of ether oxygens (including phenoxy) is 2. The molecule has 0 saturated carbocycles. The van der Waals surface area contributed by atoms with E-state index in [-0.39, 0.29) is 6.10 Å². The van der Waals surface area contributed by atoms with Crippen molar-refractivity contribution >= 4 is 9.28 Å². The molecule has 0 spiro atoms. The van der Waals surface area contributed by atoms with Gasteiger partial charge in [-0.3, -0.25) is 0 Å². The lowest BCUT2D eigenvalue weighted by molar-refractivity contribution is 0.0503. The minimum absolute atomic E-state index is 0.277. The van der Waals surface area contributed by atoms with Crippen LogP contribution in [0.15, 0.2) is 0 Å². The van der Waals surface area contributed by atoms with Gasteiger partial charge in [-0.2, -0.15) is 0 Å². The fourth-order valence-electron chi connectivity index (χ4n) is 1.82. The van der Waals surface area contributed by atoms with Gasteiger partial charge in [-0.05, 0) is 32.2 Å². The van der Waals surface area contributed by atoms with Crippen LogP contribution in [0.2, 0.25) is 6.04 Å². The highest BCUT2D eigenvalue weighted by molar-refractivity contribution is 6.44. The standard InChI is InChI=1S/C15H32O4Si/c1-4-6-9-18-20(19-10-7-5-2)11-8-14(3)16-12-15-13-17-15/h14-15,20H,4-13H2,1-3H3. The predicted molar refractivity (Wildman–Crippen MR) is 83.4 cm³/mol. The molecule has 120 valence electrons. The number of epoxide rings is 1. The Bertz CT molecular complexity index is 214. The molecule has 1 aliphatic rings. The molecule has 4 nitrogen and oxygen atoms in total. The van der Waals surface area contributed by atoms with Crippen molar-refractivity contribution in [2.75, 3.05) is 26.4 Å². The first-order valence-corrected chi connectivity index (χ1v) is 9.98. The SMILES string of the molecule is CCCCO[SiH](CCC(C)OCC1CO1)OCCCC. The number of hydrogen-bond acceptors (Lipinski definition) is 4. The summed E-state index contributed by atoms with van der Waals surface area (Å²) < 4.78 is 22.8. The van der Waals surface area contributed by atoms with E-state index in [1.165, 1.54) is 12.8 Å². The summed E-state index contributed by atoms with van der Waals surface area (Å²) in [7, 11) is -1.50. The lowest BCUT2D eigenvalue weighted by atomic mass is 10.3. The molecule has 0 aromatic rings. The lowest BCUT2D eigenvalue weighted by Crippen LogP contribution is -2.26. The van der Waals surface area contributed by atoms with Gasteiger partial charge in [0.1, 0.15) is 6.10 Å². The van der Waals surface area contributed by atoms with Crippen LogP contribution in [0.1, 0.15) is 52.9 Å². The highest BCUT2D eigenvalue weighted by atomic mass is 28.3. The average Bonchev–Trinajstić information content (AvgIpc) is 3.26. The molecule has 0 amide bonds. The molecule has 0 bridgehead atoms. The molecule has 2 unspecified atom stereocenters. The van der Waals surface area contributed by atoms with Gasteiger partial charge < -0.3 is 18.3 Å². The first-order valence-electron chi connectivity index (χ1n) is 8.22. The van der Waals surface area contributed by atoms with Crippen LogP contribution in [-0.4, -0.2) is 47.9 Å². The van der Waals surface area contributed by atoms with Crippen molar-refractivity contribution in [3.05, 3.63) is 0 Å². The Morgan fingerprint density at radius 2 is 1.75 bits per heavy atom. The van der Waals surface area contributed by atoms with Gasteiger partial charge in [0.25, 0.3) is 0 Å². The van der Waals surface area contributed by atoms with Gasteiger partial charge >= 0.3 is 9.28 Å². The molecule has 5 heteroatoms. The van der Waals surface area contributed by atoms with Gasteiger partial charge in [0.05, 0.1) is 19.3 Å². The molecule has 20 heavy (non-hydrogen) atoms. The maximum Gasteiger partial charge on any atom is 0.321 e. The van der Waals surface area contributed by atoms with Gasteiger partial charge in [-0.25, -0.2) is 0 Å². The molecule has 0 radical (unpaired) electrons. The first-order chi connectivity index (χ1) is 9.76. The van der Waals surface area contributed by atoms with E-state index >= 15 is 0 Å². The van der Waals surface area contributed by atoms with Crippen LogP contribution < -0.4 is 0 Å². The zero-order valence-electron chi connectivity index (χ0n) is 13.4. The van der Waals surface area contributed by atoms with Gasteiger partial charge in [-0.1, -0.05) is 26.7 Å². The third-order valence-corrected chi connectivity index (χ3v) is 5.40. The Kier molecular flexibility index (Phi) is 10.6. The molecular weight excluding hydrogens is 272 g/mol. The summed E-state index contributed by atoms with van der Waals surface area (Å²) in [4.78, 5) is 0. The van der Waals surface area contributed by atoms with Gasteiger partial charge in [0.2, 0.25) is 0 Å². The predicted octanol–water partition coefficient (Wildman–Crippen LogP) is 3.03. The molecule has 1 fully saturated rings. The van der Waals surface area contributed by atoms with E-state index in [0.717, 1.165) is 51.7 Å². The second-order valence-electron chi connectivity index (χ2n) is 5.55. The molecule has 0 N–H and O–H groups in total. The van der Waals surface area contributed by atoms with Crippen LogP contribution in [-0.2, 0) is 18.3 Å². The molecule has 0 aromatic carbocycles. The first kappa shape index (κ1) is 18.1. The van der Waals surface area contributed by atoms with Crippen molar-refractivity contribution in [3.8, 4) is 0 Å². The second kappa shape index (κ2) is 11.7. The normalized spacial score (nSPS) is 19.5. The van der Waals surface area contributed by atoms with Crippen LogP contribution in [0.25, 0.3) is 0 Å². The number of rotatable bonds is 14.